The van der Waals surface area contributed by atoms with Crippen LogP contribution in [0.2, 0.25) is 0 Å². The minimum atomic E-state index is 0.446. The maximum atomic E-state index is 9.88. The minimum absolute atomic E-state index is 0.446. The van der Waals surface area contributed by atoms with Crippen LogP contribution in [0.3, 0.4) is 0 Å². The van der Waals surface area contributed by atoms with Gasteiger partial charge in [0.15, 0.2) is 0 Å². The molecule has 0 radical (unpaired) electrons. The van der Waals surface area contributed by atoms with Gasteiger partial charge in [-0.3, -0.25) is 0 Å². The first-order valence-corrected chi connectivity index (χ1v) is 14.9. The van der Waals surface area contributed by atoms with Crippen molar-refractivity contribution in [1.82, 2.24) is 0 Å². The Morgan fingerprint density at radius 3 is 1.17 bits per heavy atom. The van der Waals surface area contributed by atoms with Crippen LogP contribution in [0.1, 0.15) is 47.1 Å². The molecule has 0 unspecified atom stereocenters. The van der Waals surface area contributed by atoms with Crippen LogP contribution in [0.5, 0.6) is 0 Å². The van der Waals surface area contributed by atoms with Gasteiger partial charge in [0.2, 0.25) is 0 Å². The molecule has 1 aromatic rings. The molecule has 0 atom stereocenters. The molecule has 0 aliphatic rings. The molecular formula is C19H35BrNiOP2-. The first kappa shape index (κ1) is 29.5. The van der Waals surface area contributed by atoms with Gasteiger partial charge in [-0.2, -0.15) is 17.7 Å². The van der Waals surface area contributed by atoms with Crippen molar-refractivity contribution in [1.29, 1.82) is 0 Å². The molecule has 0 saturated carbocycles. The first-order valence-electron chi connectivity index (χ1n) is 8.62. The molecule has 0 aliphatic heterocycles. The molecule has 5 heteroatoms. The second-order valence-electron chi connectivity index (χ2n) is 4.71. The van der Waals surface area contributed by atoms with Gasteiger partial charge in [-0.05, 0) is 37.0 Å². The summed E-state index contributed by atoms with van der Waals surface area (Å²) < 4.78 is 0. The first-order chi connectivity index (χ1) is 11.6. The molecule has 1 nitrogen and oxygen atoms in total. The molecule has 0 aliphatic carbocycles. The zero-order valence-corrected chi connectivity index (χ0v) is 20.5. The van der Waals surface area contributed by atoms with E-state index in [1.165, 1.54) is 37.0 Å². The Balaban J connectivity index is -0.000000263. The number of benzene rings is 1. The van der Waals surface area contributed by atoms with E-state index in [-0.39, 0.29) is 0 Å². The van der Waals surface area contributed by atoms with Crippen LogP contribution in [-0.2, 0) is 18.5 Å². The Hall–Kier alpha value is 0.724. The van der Waals surface area contributed by atoms with Crippen molar-refractivity contribution < 1.29 is 18.5 Å². The van der Waals surface area contributed by atoms with Gasteiger partial charge in [0.1, 0.15) is 0 Å². The standard InChI is InChI=1S/C7H5O.2C6H15P.BrH.Ni/c8-6-7-4-2-1-3-5-7;2*1-4-7(5-2)6-3;;/h1-5H;2*4-6H2,1-3H3;1H;/q-1;;;;+1/p-1. The summed E-state index contributed by atoms with van der Waals surface area (Å²) in [6.45, 7) is 13.7. The number of hydrogen-bond donors (Lipinski definition) is 0. The van der Waals surface area contributed by atoms with Gasteiger partial charge >= 0.3 is 27.9 Å². The summed E-state index contributed by atoms with van der Waals surface area (Å²) >= 11 is 6.25. The molecule has 0 spiro atoms. The zero-order valence-electron chi connectivity index (χ0n) is 16.1. The summed E-state index contributed by atoms with van der Waals surface area (Å²) in [5, 5.41) is 0. The number of halogens is 1. The normalized spacial score (nSPS) is 9.12. The van der Waals surface area contributed by atoms with E-state index in [0.29, 0.717) is 21.4 Å². The Labute approximate surface area is 168 Å². The van der Waals surface area contributed by atoms with Crippen LogP contribution >= 0.6 is 30.1 Å². The van der Waals surface area contributed by atoms with E-state index >= 15 is 0 Å². The van der Waals surface area contributed by atoms with Crippen LogP contribution in [0.4, 0.5) is 0 Å². The molecule has 0 heterocycles. The van der Waals surface area contributed by atoms with Crippen molar-refractivity contribution in [3.05, 3.63) is 35.9 Å². The number of carbonyl (C=O) groups excluding carboxylic acids is 1. The fraction of sp³-hybridized carbons (Fsp3) is 0.632. The second kappa shape index (κ2) is 26.0. The van der Waals surface area contributed by atoms with Gasteiger partial charge in [0.05, 0.1) is 6.29 Å². The van der Waals surface area contributed by atoms with E-state index in [9.17, 15) is 4.79 Å². The second-order valence-corrected chi connectivity index (χ2v) is 11.2. The van der Waals surface area contributed by atoms with Crippen molar-refractivity contribution in [2.75, 3.05) is 37.0 Å². The van der Waals surface area contributed by atoms with E-state index in [1.54, 1.807) is 30.6 Å². The molecule has 0 aromatic heterocycles. The van der Waals surface area contributed by atoms with Crippen molar-refractivity contribution in [2.45, 2.75) is 41.5 Å². The SMILES string of the molecule is CCP(CC)CC.CCP(CC)CC.O=[C-]c1ccccc1.[Ni][Br]. The molecule has 0 saturated heterocycles. The zero-order chi connectivity index (χ0) is 19.2. The van der Waals surface area contributed by atoms with Crippen molar-refractivity contribution >= 4 is 36.4 Å². The summed E-state index contributed by atoms with van der Waals surface area (Å²) in [7, 11) is 0.892. The van der Waals surface area contributed by atoms with Crippen LogP contribution in [-0.4, -0.2) is 43.3 Å². The van der Waals surface area contributed by atoms with E-state index in [0.717, 1.165) is 0 Å². The molecule has 0 fully saturated rings. The monoisotopic (exact) mass is 478 g/mol. The van der Waals surface area contributed by atoms with Gasteiger partial charge in [-0.25, -0.2) is 0 Å². The van der Waals surface area contributed by atoms with Crippen molar-refractivity contribution in [2.24, 2.45) is 0 Å². The third-order valence-corrected chi connectivity index (χ3v) is 8.94. The summed E-state index contributed by atoms with van der Waals surface area (Å²) in [6.07, 6.45) is 10.3. The average Bonchev–Trinajstić information content (AvgIpc) is 2.68. The average molecular weight is 480 g/mol. The molecule has 1 rings (SSSR count). The van der Waals surface area contributed by atoms with Crippen LogP contribution < -0.4 is 0 Å². The van der Waals surface area contributed by atoms with Crippen LogP contribution in [0.25, 0.3) is 0 Å². The van der Waals surface area contributed by atoms with Crippen LogP contribution in [0, 0.1) is 0 Å². The molecular weight excluding hydrogens is 445 g/mol. The third-order valence-electron chi connectivity index (χ3n) is 3.57. The molecule has 0 N–H and O–H groups in total. The molecule has 1 aromatic carbocycles. The van der Waals surface area contributed by atoms with E-state index in [4.69, 9.17) is 0 Å². The number of rotatable bonds is 7. The Kier molecular flexibility index (Phi) is 31.9. The predicted molar refractivity (Wildman–Crippen MR) is 117 cm³/mol. The fourth-order valence-corrected chi connectivity index (χ4v) is 4.53. The maximum absolute atomic E-state index is 9.88. The molecule has 145 valence electrons. The van der Waals surface area contributed by atoms with Gasteiger partial charge in [0.25, 0.3) is 0 Å². The Bertz CT molecular complexity index is 308. The van der Waals surface area contributed by atoms with E-state index in [1.807, 2.05) is 6.07 Å². The molecule has 0 bridgehead atoms. The van der Waals surface area contributed by atoms with Gasteiger partial charge in [-0.1, -0.05) is 47.6 Å². The number of hydrogen-bond acceptors (Lipinski definition) is 1. The molecule has 0 amide bonds. The predicted octanol–water partition coefficient (Wildman–Crippen LogP) is 7.04. The van der Waals surface area contributed by atoms with E-state index < -0.39 is 0 Å². The Morgan fingerprint density at radius 1 is 0.750 bits per heavy atom. The third kappa shape index (κ3) is 20.8. The van der Waals surface area contributed by atoms with E-state index in [2.05, 4.69) is 69.5 Å². The van der Waals surface area contributed by atoms with Gasteiger partial charge in [-0.15, -0.1) is 28.0 Å². The van der Waals surface area contributed by atoms with Gasteiger partial charge < -0.3 is 4.79 Å². The summed E-state index contributed by atoms with van der Waals surface area (Å²) in [5.41, 5.74) is 0.604. The Morgan fingerprint density at radius 2 is 1.04 bits per heavy atom. The van der Waals surface area contributed by atoms with Crippen molar-refractivity contribution in [3.8, 4) is 0 Å². The summed E-state index contributed by atoms with van der Waals surface area (Å²) in [6, 6.07) is 8.90. The molecule has 24 heavy (non-hydrogen) atoms. The fourth-order valence-electron chi connectivity index (χ4n) is 1.85. The summed E-state index contributed by atoms with van der Waals surface area (Å²) in [4.78, 5) is 9.88. The summed E-state index contributed by atoms with van der Waals surface area (Å²) in [5.74, 6) is 0. The van der Waals surface area contributed by atoms with Gasteiger partial charge in [0, 0.05) is 0 Å². The van der Waals surface area contributed by atoms with Crippen molar-refractivity contribution in [3.63, 3.8) is 0 Å². The topological polar surface area (TPSA) is 17.1 Å². The van der Waals surface area contributed by atoms with Crippen LogP contribution in [0.15, 0.2) is 30.3 Å². The quantitative estimate of drug-likeness (QED) is 0.233.